The summed E-state index contributed by atoms with van der Waals surface area (Å²) in [6, 6.07) is 10.5. The summed E-state index contributed by atoms with van der Waals surface area (Å²) in [5, 5.41) is 0. The van der Waals surface area contributed by atoms with Gasteiger partial charge >= 0.3 is 0 Å². The van der Waals surface area contributed by atoms with E-state index >= 15 is 0 Å². The van der Waals surface area contributed by atoms with E-state index in [1.807, 2.05) is 11.0 Å². The van der Waals surface area contributed by atoms with Crippen LogP contribution in [0.5, 0.6) is 0 Å². The molecule has 0 radical (unpaired) electrons. The third-order valence-corrected chi connectivity index (χ3v) is 4.93. The third-order valence-electron chi connectivity index (χ3n) is 4.93. The van der Waals surface area contributed by atoms with Gasteiger partial charge in [0.1, 0.15) is 0 Å². The minimum atomic E-state index is -0.634. The predicted octanol–water partition coefficient (Wildman–Crippen LogP) is 1.61. The van der Waals surface area contributed by atoms with E-state index in [-0.39, 0.29) is 17.6 Å². The minimum Gasteiger partial charge on any atom is -0.459 e. The maximum absolute atomic E-state index is 12.9. The molecule has 2 aliphatic rings. The molecule has 1 fully saturated rings. The average Bonchev–Trinajstić information content (AvgIpc) is 3.28. The number of ketones is 1. The van der Waals surface area contributed by atoms with Gasteiger partial charge in [0.25, 0.3) is 5.91 Å². The number of hydrogen-bond donors (Lipinski definition) is 0. The van der Waals surface area contributed by atoms with Crippen molar-refractivity contribution in [2.24, 2.45) is 0 Å². The Morgan fingerprint density at radius 2 is 1.77 bits per heavy atom. The zero-order valence-electron chi connectivity index (χ0n) is 14.4. The minimum absolute atomic E-state index is 0.0680. The normalized spacial score (nSPS) is 20.3. The van der Waals surface area contributed by atoms with E-state index in [4.69, 9.17) is 4.42 Å². The van der Waals surface area contributed by atoms with Crippen LogP contribution in [-0.2, 0) is 4.79 Å². The number of Topliss-reactive ketones (excluding diaryl/α,β-unsaturated/α-hetero) is 1. The van der Waals surface area contributed by atoms with E-state index < -0.39 is 6.17 Å². The van der Waals surface area contributed by atoms with Crippen LogP contribution in [0.2, 0.25) is 0 Å². The maximum atomic E-state index is 12.9. The molecule has 0 N–H and O–H groups in total. The first kappa shape index (κ1) is 16.5. The molecule has 0 bridgehead atoms. The molecule has 1 aromatic carbocycles. The van der Waals surface area contributed by atoms with Crippen molar-refractivity contribution in [3.05, 3.63) is 54.0 Å². The van der Waals surface area contributed by atoms with Crippen LogP contribution in [0.15, 0.2) is 47.1 Å². The van der Waals surface area contributed by atoms with E-state index in [1.165, 1.54) is 13.2 Å². The van der Waals surface area contributed by atoms with Crippen molar-refractivity contribution in [2.45, 2.75) is 13.1 Å². The van der Waals surface area contributed by atoms with Crippen molar-refractivity contribution in [2.75, 3.05) is 31.1 Å². The molecule has 4 rings (SSSR count). The SMILES string of the molecule is CC(=O)N1c2ccccc2C(=O)[C@H]1N1CCN(C(=O)c2ccco2)CC1. The summed E-state index contributed by atoms with van der Waals surface area (Å²) in [6.07, 6.45) is 0.841. The largest absolute Gasteiger partial charge is 0.459 e. The van der Waals surface area contributed by atoms with Crippen LogP contribution in [0.1, 0.15) is 27.8 Å². The van der Waals surface area contributed by atoms with Gasteiger partial charge in [-0.3, -0.25) is 24.2 Å². The Bertz CT molecular complexity index is 853. The molecule has 2 amide bonds. The van der Waals surface area contributed by atoms with E-state index in [1.54, 1.807) is 40.1 Å². The molecule has 0 spiro atoms. The standard InChI is InChI=1S/C19H19N3O4/c1-13(23)22-15-6-3-2-5-14(15)17(24)18(22)20-8-10-21(11-9-20)19(25)16-7-4-12-26-16/h2-7,12,18H,8-11H2,1H3/t18-/m0/s1. The molecule has 2 aliphatic heterocycles. The monoisotopic (exact) mass is 353 g/mol. The maximum Gasteiger partial charge on any atom is 0.289 e. The zero-order chi connectivity index (χ0) is 18.3. The summed E-state index contributed by atoms with van der Waals surface area (Å²) in [4.78, 5) is 42.7. The lowest BCUT2D eigenvalue weighted by Crippen LogP contribution is -2.58. The van der Waals surface area contributed by atoms with Crippen molar-refractivity contribution in [3.63, 3.8) is 0 Å². The van der Waals surface area contributed by atoms with Crippen LogP contribution < -0.4 is 4.90 Å². The number of furan rings is 1. The van der Waals surface area contributed by atoms with Gasteiger partial charge in [0, 0.05) is 38.7 Å². The molecule has 26 heavy (non-hydrogen) atoms. The van der Waals surface area contributed by atoms with Gasteiger partial charge in [-0.25, -0.2) is 0 Å². The molecule has 1 saturated heterocycles. The van der Waals surface area contributed by atoms with Gasteiger partial charge in [0.15, 0.2) is 11.9 Å². The molecule has 1 aromatic heterocycles. The van der Waals surface area contributed by atoms with Gasteiger partial charge in [-0.05, 0) is 24.3 Å². The number of hydrogen-bond acceptors (Lipinski definition) is 5. The molecule has 0 aliphatic carbocycles. The number of anilines is 1. The van der Waals surface area contributed by atoms with Gasteiger partial charge in [0.05, 0.1) is 12.0 Å². The van der Waals surface area contributed by atoms with Crippen molar-refractivity contribution in [1.29, 1.82) is 0 Å². The number of amides is 2. The lowest BCUT2D eigenvalue weighted by Gasteiger charge is -2.39. The van der Waals surface area contributed by atoms with E-state index in [0.29, 0.717) is 43.2 Å². The number of carbonyl (C=O) groups excluding carboxylic acids is 3. The van der Waals surface area contributed by atoms with E-state index in [2.05, 4.69) is 0 Å². The second kappa shape index (κ2) is 6.42. The highest BCUT2D eigenvalue weighted by Crippen LogP contribution is 2.34. The second-order valence-corrected chi connectivity index (χ2v) is 6.45. The quantitative estimate of drug-likeness (QED) is 0.820. The number of rotatable bonds is 2. The highest BCUT2D eigenvalue weighted by molar-refractivity contribution is 6.17. The molecule has 7 heteroatoms. The predicted molar refractivity (Wildman–Crippen MR) is 93.9 cm³/mol. The molecule has 134 valence electrons. The summed E-state index contributed by atoms with van der Waals surface area (Å²) in [5.74, 6) is -0.0729. The summed E-state index contributed by atoms with van der Waals surface area (Å²) >= 11 is 0. The molecule has 2 aromatic rings. The van der Waals surface area contributed by atoms with Gasteiger partial charge in [-0.1, -0.05) is 12.1 Å². The summed E-state index contributed by atoms with van der Waals surface area (Å²) in [5.41, 5.74) is 1.23. The van der Waals surface area contributed by atoms with Crippen molar-refractivity contribution >= 4 is 23.3 Å². The fourth-order valence-electron chi connectivity index (χ4n) is 3.68. The van der Waals surface area contributed by atoms with Crippen LogP contribution in [0.4, 0.5) is 5.69 Å². The van der Waals surface area contributed by atoms with Gasteiger partial charge in [-0.2, -0.15) is 0 Å². The van der Waals surface area contributed by atoms with Gasteiger partial charge < -0.3 is 9.32 Å². The summed E-state index contributed by atoms with van der Waals surface area (Å²) < 4.78 is 5.17. The first-order chi connectivity index (χ1) is 12.6. The lowest BCUT2D eigenvalue weighted by atomic mass is 10.1. The number of nitrogens with zero attached hydrogens (tertiary/aromatic N) is 3. The molecular formula is C19H19N3O4. The summed E-state index contributed by atoms with van der Waals surface area (Å²) in [6.45, 7) is 3.46. The number of para-hydroxylation sites is 1. The van der Waals surface area contributed by atoms with Crippen LogP contribution in [0.25, 0.3) is 0 Å². The molecular weight excluding hydrogens is 334 g/mol. The Balaban J connectivity index is 1.51. The van der Waals surface area contributed by atoms with Crippen molar-refractivity contribution < 1.29 is 18.8 Å². The number of carbonyl (C=O) groups is 3. The fraction of sp³-hybridized carbons (Fsp3) is 0.316. The first-order valence-corrected chi connectivity index (χ1v) is 8.58. The number of benzene rings is 1. The molecule has 3 heterocycles. The van der Waals surface area contributed by atoms with Crippen LogP contribution in [0, 0.1) is 0 Å². The zero-order valence-corrected chi connectivity index (χ0v) is 14.4. The first-order valence-electron chi connectivity index (χ1n) is 8.58. The van der Waals surface area contributed by atoms with Gasteiger partial charge in [0.2, 0.25) is 11.7 Å². The van der Waals surface area contributed by atoms with E-state index in [0.717, 1.165) is 0 Å². The Morgan fingerprint density at radius 1 is 1.04 bits per heavy atom. The Morgan fingerprint density at radius 3 is 2.42 bits per heavy atom. The Labute approximate surface area is 150 Å². The fourth-order valence-corrected chi connectivity index (χ4v) is 3.68. The number of piperazine rings is 1. The van der Waals surface area contributed by atoms with Gasteiger partial charge in [-0.15, -0.1) is 0 Å². The van der Waals surface area contributed by atoms with Crippen molar-refractivity contribution in [3.8, 4) is 0 Å². The summed E-state index contributed by atoms with van der Waals surface area (Å²) in [7, 11) is 0. The third kappa shape index (κ3) is 2.61. The lowest BCUT2D eigenvalue weighted by molar-refractivity contribution is -0.117. The molecule has 0 unspecified atom stereocenters. The van der Waals surface area contributed by atoms with Crippen LogP contribution >= 0.6 is 0 Å². The highest BCUT2D eigenvalue weighted by atomic mass is 16.3. The molecule has 7 nitrogen and oxygen atoms in total. The molecule has 1 atom stereocenters. The smallest absolute Gasteiger partial charge is 0.289 e. The molecule has 0 saturated carbocycles. The number of fused-ring (bicyclic) bond motifs is 1. The van der Waals surface area contributed by atoms with Crippen LogP contribution in [0.3, 0.4) is 0 Å². The Hall–Kier alpha value is -2.93. The van der Waals surface area contributed by atoms with E-state index in [9.17, 15) is 14.4 Å². The second-order valence-electron chi connectivity index (χ2n) is 6.45. The average molecular weight is 353 g/mol. The topological polar surface area (TPSA) is 74.1 Å². The highest BCUT2D eigenvalue weighted by Gasteiger charge is 2.43. The van der Waals surface area contributed by atoms with Crippen LogP contribution in [-0.4, -0.2) is 59.7 Å². The Kier molecular flexibility index (Phi) is 4.08. The van der Waals surface area contributed by atoms with Crippen molar-refractivity contribution in [1.82, 2.24) is 9.80 Å².